The van der Waals surface area contributed by atoms with E-state index in [2.05, 4.69) is 0 Å². The smallest absolute Gasteiger partial charge is 1.00 e. The van der Waals surface area contributed by atoms with Crippen LogP contribution in [0.3, 0.4) is 0 Å². The van der Waals surface area contributed by atoms with Gasteiger partial charge in [0.15, 0.2) is 0 Å². The second-order valence-electron chi connectivity index (χ2n) is 0.632. The summed E-state index contributed by atoms with van der Waals surface area (Å²) in [7, 11) is 0. The van der Waals surface area contributed by atoms with Crippen molar-refractivity contribution in [3.8, 4) is 0 Å². The maximum Gasteiger partial charge on any atom is 1.00 e. The van der Waals surface area contributed by atoms with E-state index in [9.17, 15) is 0 Å². The Morgan fingerprint density at radius 3 is 1.12 bits per heavy atom. The van der Waals surface area contributed by atoms with Gasteiger partial charge in [0.1, 0.15) is 0 Å². The predicted octanol–water partition coefficient (Wildman–Crippen LogP) is -2.72. The summed E-state index contributed by atoms with van der Waals surface area (Å²) in [5, 5.41) is 15.1. The van der Waals surface area contributed by atoms with Crippen molar-refractivity contribution in [2.24, 2.45) is 0 Å². The van der Waals surface area contributed by atoms with Gasteiger partial charge in [-0.25, -0.2) is 0 Å². The van der Waals surface area contributed by atoms with Gasteiger partial charge in [-0.2, -0.15) is 0 Å². The first-order valence-corrected chi connectivity index (χ1v) is 2.05. The Morgan fingerprint density at radius 2 is 1.12 bits per heavy atom. The standard InChI is InChI=1S/2C2H6O.K.H3N.H/c2*1-2-3;;;/h2*3H,2H2,1H3;;1H3;/q;;+1;;-1. The van der Waals surface area contributed by atoms with E-state index in [-0.39, 0.29) is 72.2 Å². The van der Waals surface area contributed by atoms with Gasteiger partial charge in [-0.1, -0.05) is 0 Å². The largest absolute Gasteiger partial charge is 1.00 e. The van der Waals surface area contributed by atoms with E-state index in [1.165, 1.54) is 0 Å². The SMILES string of the molecule is CCO.CCO.N.[H-].[K+]. The Bertz CT molecular complexity index is 20.5. The van der Waals surface area contributed by atoms with Crippen molar-refractivity contribution in [2.75, 3.05) is 13.2 Å². The molecule has 0 saturated carbocycles. The van der Waals surface area contributed by atoms with E-state index in [1.54, 1.807) is 13.8 Å². The fourth-order valence-corrected chi connectivity index (χ4v) is 0. The molecule has 3 nitrogen and oxygen atoms in total. The second-order valence-corrected chi connectivity index (χ2v) is 0.632. The van der Waals surface area contributed by atoms with Crippen LogP contribution in [0.4, 0.5) is 0 Å². The van der Waals surface area contributed by atoms with Crippen LogP contribution in [-0.2, 0) is 0 Å². The van der Waals surface area contributed by atoms with Crippen LogP contribution in [0.25, 0.3) is 0 Å². The maximum absolute atomic E-state index is 7.57. The summed E-state index contributed by atoms with van der Waals surface area (Å²) in [6.45, 7) is 3.86. The molecule has 0 rings (SSSR count). The number of aliphatic hydroxyl groups is 2. The zero-order valence-electron chi connectivity index (χ0n) is 7.02. The number of hydrogen-bond acceptors (Lipinski definition) is 3. The molecule has 0 fully saturated rings. The van der Waals surface area contributed by atoms with E-state index in [0.29, 0.717) is 0 Å². The quantitative estimate of drug-likeness (QED) is 0.327. The molecule has 0 saturated heterocycles. The van der Waals surface area contributed by atoms with Gasteiger partial charge in [0, 0.05) is 13.2 Å². The van der Waals surface area contributed by atoms with E-state index in [1.807, 2.05) is 0 Å². The molecule has 0 aliphatic heterocycles. The van der Waals surface area contributed by atoms with Crippen LogP contribution in [0, 0.1) is 0 Å². The van der Waals surface area contributed by atoms with Crippen molar-refractivity contribution in [1.82, 2.24) is 6.15 Å². The summed E-state index contributed by atoms with van der Waals surface area (Å²) >= 11 is 0. The maximum atomic E-state index is 7.57. The fraction of sp³-hybridized carbons (Fsp3) is 1.00. The molecule has 0 spiro atoms. The number of rotatable bonds is 0. The molecule has 0 unspecified atom stereocenters. The van der Waals surface area contributed by atoms with E-state index in [4.69, 9.17) is 10.2 Å². The van der Waals surface area contributed by atoms with Crippen LogP contribution < -0.4 is 57.5 Å². The molecule has 0 heterocycles. The Balaban J connectivity index is -0.00000000889. The van der Waals surface area contributed by atoms with E-state index in [0.717, 1.165) is 0 Å². The molecule has 0 aliphatic rings. The Kier molecular flexibility index (Phi) is 110. The minimum Gasteiger partial charge on any atom is -1.00 e. The van der Waals surface area contributed by atoms with Gasteiger partial charge in [0.2, 0.25) is 0 Å². The number of hydrogen-bond donors (Lipinski definition) is 3. The molecule has 0 bridgehead atoms. The second kappa shape index (κ2) is 38.9. The summed E-state index contributed by atoms with van der Waals surface area (Å²) < 4.78 is 0. The summed E-state index contributed by atoms with van der Waals surface area (Å²) in [6, 6.07) is 0. The third kappa shape index (κ3) is 139. The third-order valence-corrected chi connectivity index (χ3v) is 0. The van der Waals surface area contributed by atoms with Crippen LogP contribution in [0.1, 0.15) is 15.3 Å². The van der Waals surface area contributed by atoms with Gasteiger partial charge in [-0.05, 0) is 13.8 Å². The molecule has 0 aromatic heterocycles. The molecule has 0 atom stereocenters. The van der Waals surface area contributed by atoms with Gasteiger partial charge < -0.3 is 17.8 Å². The van der Waals surface area contributed by atoms with Gasteiger partial charge >= 0.3 is 51.4 Å². The average molecular weight is 149 g/mol. The number of aliphatic hydroxyl groups excluding tert-OH is 2. The zero-order valence-corrected chi connectivity index (χ0v) is 9.14. The molecule has 50 valence electrons. The minimum atomic E-state index is 0. The molecular weight excluding hydrogens is 133 g/mol. The van der Waals surface area contributed by atoms with Crippen molar-refractivity contribution in [3.63, 3.8) is 0 Å². The molecule has 0 aromatic rings. The molecule has 4 heteroatoms. The summed E-state index contributed by atoms with van der Waals surface area (Å²) in [5.74, 6) is 0. The first-order valence-electron chi connectivity index (χ1n) is 2.05. The zero-order chi connectivity index (χ0) is 5.41. The van der Waals surface area contributed by atoms with Gasteiger partial charge in [0.05, 0.1) is 0 Å². The van der Waals surface area contributed by atoms with Gasteiger partial charge in [-0.3, -0.25) is 0 Å². The van der Waals surface area contributed by atoms with E-state index < -0.39 is 0 Å². The van der Waals surface area contributed by atoms with Crippen LogP contribution >= 0.6 is 0 Å². The van der Waals surface area contributed by atoms with Gasteiger partial charge in [-0.15, -0.1) is 0 Å². The van der Waals surface area contributed by atoms with Crippen LogP contribution in [-0.4, -0.2) is 23.4 Å². The summed E-state index contributed by atoms with van der Waals surface area (Å²) in [5.41, 5.74) is 0. The first-order chi connectivity index (χ1) is 2.83. The Labute approximate surface area is 95.0 Å². The molecule has 8 heavy (non-hydrogen) atoms. The average Bonchev–Trinajstić information content (AvgIpc) is 1.39. The summed E-state index contributed by atoms with van der Waals surface area (Å²) in [6.07, 6.45) is 0. The van der Waals surface area contributed by atoms with Crippen LogP contribution in [0.5, 0.6) is 0 Å². The van der Waals surface area contributed by atoms with Crippen molar-refractivity contribution in [3.05, 3.63) is 0 Å². The van der Waals surface area contributed by atoms with Crippen molar-refractivity contribution >= 4 is 0 Å². The van der Waals surface area contributed by atoms with Gasteiger partial charge in [0.25, 0.3) is 0 Å². The summed E-state index contributed by atoms with van der Waals surface area (Å²) in [4.78, 5) is 0. The topological polar surface area (TPSA) is 75.5 Å². The van der Waals surface area contributed by atoms with Crippen molar-refractivity contribution in [1.29, 1.82) is 0 Å². The monoisotopic (exact) mass is 149 g/mol. The Morgan fingerprint density at radius 1 is 1.12 bits per heavy atom. The Hall–Kier alpha value is 1.52. The minimum absolute atomic E-state index is 0. The molecule has 5 N–H and O–H groups in total. The predicted molar refractivity (Wildman–Crippen MR) is 31.7 cm³/mol. The molecule has 0 aromatic carbocycles. The molecule has 0 radical (unpaired) electrons. The molecule has 0 amide bonds. The normalized spacial score (nSPS) is 4.50. The third-order valence-electron chi connectivity index (χ3n) is 0. The molecule has 0 aliphatic carbocycles. The molecular formula is C4H16KNO2. The van der Waals surface area contributed by atoms with Crippen LogP contribution in [0.15, 0.2) is 0 Å². The van der Waals surface area contributed by atoms with E-state index >= 15 is 0 Å². The van der Waals surface area contributed by atoms with Crippen molar-refractivity contribution in [2.45, 2.75) is 13.8 Å². The van der Waals surface area contributed by atoms with Crippen LogP contribution in [0.2, 0.25) is 0 Å². The first kappa shape index (κ1) is 22.7. The fourth-order valence-electron chi connectivity index (χ4n) is 0. The van der Waals surface area contributed by atoms with Crippen molar-refractivity contribution < 1.29 is 63.0 Å².